The lowest BCUT2D eigenvalue weighted by molar-refractivity contribution is -0.150. The van der Waals surface area contributed by atoms with Gasteiger partial charge in [0.05, 0.1) is 12.5 Å². The first kappa shape index (κ1) is 14.0. The minimum Gasteiger partial charge on any atom is -0.466 e. The van der Waals surface area contributed by atoms with Crippen molar-refractivity contribution in [3.05, 3.63) is 35.6 Å². The third-order valence-electron chi connectivity index (χ3n) is 3.70. The van der Waals surface area contributed by atoms with Crippen LogP contribution in [-0.2, 0) is 9.53 Å². The average Bonchev–Trinajstić information content (AvgIpc) is 2.39. The molecule has 1 aromatic carbocycles. The SMILES string of the molecule is CCOC(=O)C1CCN(C)C[C@H]1c1ccc(F)cc1. The standard InChI is InChI=1S/C15H20FNO2/c1-3-19-15(18)13-8-9-17(2)10-14(13)11-4-6-12(16)7-5-11/h4-7,13-14H,3,8-10H2,1-2H3/t13?,14-/m0/s1. The Morgan fingerprint density at radius 1 is 1.42 bits per heavy atom. The number of hydrogen-bond acceptors (Lipinski definition) is 3. The van der Waals surface area contributed by atoms with Crippen LogP contribution in [0.15, 0.2) is 24.3 Å². The van der Waals surface area contributed by atoms with Gasteiger partial charge in [-0.3, -0.25) is 4.79 Å². The largest absolute Gasteiger partial charge is 0.466 e. The van der Waals surface area contributed by atoms with E-state index >= 15 is 0 Å². The molecule has 4 heteroatoms. The summed E-state index contributed by atoms with van der Waals surface area (Å²) in [7, 11) is 2.04. The van der Waals surface area contributed by atoms with Crippen molar-refractivity contribution < 1.29 is 13.9 Å². The fourth-order valence-electron chi connectivity index (χ4n) is 2.69. The molecule has 1 heterocycles. The quantitative estimate of drug-likeness (QED) is 0.786. The van der Waals surface area contributed by atoms with Gasteiger partial charge in [-0.2, -0.15) is 0 Å². The molecular weight excluding hydrogens is 245 g/mol. The zero-order chi connectivity index (χ0) is 13.8. The normalized spacial score (nSPS) is 24.2. The Morgan fingerprint density at radius 3 is 2.74 bits per heavy atom. The maximum absolute atomic E-state index is 13.0. The second-order valence-corrected chi connectivity index (χ2v) is 5.07. The van der Waals surface area contributed by atoms with Gasteiger partial charge < -0.3 is 9.64 Å². The summed E-state index contributed by atoms with van der Waals surface area (Å²) in [5.41, 5.74) is 1.01. The number of rotatable bonds is 3. The van der Waals surface area contributed by atoms with Gasteiger partial charge in [-0.05, 0) is 44.6 Å². The lowest BCUT2D eigenvalue weighted by Gasteiger charge is -2.35. The first-order valence-corrected chi connectivity index (χ1v) is 6.72. The Kier molecular flexibility index (Phi) is 4.53. The Bertz CT molecular complexity index is 432. The van der Waals surface area contributed by atoms with Crippen LogP contribution in [0.25, 0.3) is 0 Å². The number of hydrogen-bond donors (Lipinski definition) is 0. The summed E-state index contributed by atoms with van der Waals surface area (Å²) in [4.78, 5) is 14.2. The lowest BCUT2D eigenvalue weighted by Crippen LogP contribution is -2.40. The molecule has 0 aromatic heterocycles. The predicted molar refractivity (Wildman–Crippen MR) is 71.4 cm³/mol. The number of nitrogens with zero attached hydrogens (tertiary/aromatic N) is 1. The monoisotopic (exact) mass is 265 g/mol. The van der Waals surface area contributed by atoms with Crippen LogP contribution < -0.4 is 0 Å². The number of ether oxygens (including phenoxy) is 1. The molecule has 0 bridgehead atoms. The van der Waals surface area contributed by atoms with Crippen molar-refractivity contribution in [1.29, 1.82) is 0 Å². The fraction of sp³-hybridized carbons (Fsp3) is 0.533. The summed E-state index contributed by atoms with van der Waals surface area (Å²) in [5.74, 6) is -0.425. The van der Waals surface area contributed by atoms with Crippen LogP contribution >= 0.6 is 0 Å². The second-order valence-electron chi connectivity index (χ2n) is 5.07. The zero-order valence-electron chi connectivity index (χ0n) is 11.4. The van der Waals surface area contributed by atoms with E-state index in [1.54, 1.807) is 12.1 Å². The molecule has 0 spiro atoms. The van der Waals surface area contributed by atoms with Crippen molar-refractivity contribution in [2.45, 2.75) is 19.3 Å². The first-order valence-electron chi connectivity index (χ1n) is 6.72. The highest BCUT2D eigenvalue weighted by Gasteiger charge is 2.34. The van der Waals surface area contributed by atoms with Crippen LogP contribution in [-0.4, -0.2) is 37.6 Å². The summed E-state index contributed by atoms with van der Waals surface area (Å²) in [6, 6.07) is 6.44. The Hall–Kier alpha value is -1.42. The van der Waals surface area contributed by atoms with Gasteiger partial charge in [0.15, 0.2) is 0 Å². The third kappa shape index (κ3) is 3.32. The number of carbonyl (C=O) groups excluding carboxylic acids is 1. The van der Waals surface area contributed by atoms with Gasteiger partial charge >= 0.3 is 5.97 Å². The molecule has 19 heavy (non-hydrogen) atoms. The smallest absolute Gasteiger partial charge is 0.309 e. The highest BCUT2D eigenvalue weighted by atomic mass is 19.1. The summed E-state index contributed by atoms with van der Waals surface area (Å²) in [5, 5.41) is 0. The average molecular weight is 265 g/mol. The van der Waals surface area contributed by atoms with Crippen LogP contribution in [0, 0.1) is 11.7 Å². The highest BCUT2D eigenvalue weighted by molar-refractivity contribution is 5.74. The van der Waals surface area contributed by atoms with Crippen LogP contribution in [0.5, 0.6) is 0 Å². The number of piperidine rings is 1. The maximum atomic E-state index is 13.0. The minimum atomic E-state index is -0.249. The molecule has 1 aliphatic rings. The topological polar surface area (TPSA) is 29.5 Å². The molecule has 104 valence electrons. The molecule has 1 aliphatic heterocycles. The van der Waals surface area contributed by atoms with Crippen molar-refractivity contribution in [2.75, 3.05) is 26.7 Å². The molecule has 1 saturated heterocycles. The molecule has 1 aromatic rings. The molecular formula is C15H20FNO2. The molecule has 1 unspecified atom stereocenters. The van der Waals surface area contributed by atoms with Gasteiger partial charge in [-0.25, -0.2) is 4.39 Å². The Morgan fingerprint density at radius 2 is 2.11 bits per heavy atom. The van der Waals surface area contributed by atoms with Gasteiger partial charge in [0.25, 0.3) is 0 Å². The van der Waals surface area contributed by atoms with Gasteiger partial charge in [0.1, 0.15) is 5.82 Å². The number of likely N-dealkylation sites (N-methyl/N-ethyl adjacent to an activating group) is 1. The van der Waals surface area contributed by atoms with Gasteiger partial charge in [0, 0.05) is 12.5 Å². The van der Waals surface area contributed by atoms with Crippen molar-refractivity contribution in [1.82, 2.24) is 4.90 Å². The van der Waals surface area contributed by atoms with E-state index in [4.69, 9.17) is 4.74 Å². The number of carbonyl (C=O) groups is 1. The number of halogens is 1. The molecule has 0 aliphatic carbocycles. The van der Waals surface area contributed by atoms with Crippen molar-refractivity contribution >= 4 is 5.97 Å². The molecule has 3 nitrogen and oxygen atoms in total. The maximum Gasteiger partial charge on any atom is 0.309 e. The highest BCUT2D eigenvalue weighted by Crippen LogP contribution is 2.33. The van der Waals surface area contributed by atoms with Crippen molar-refractivity contribution in [2.24, 2.45) is 5.92 Å². The molecule has 2 atom stereocenters. The fourth-order valence-corrected chi connectivity index (χ4v) is 2.69. The van der Waals surface area contributed by atoms with E-state index in [0.717, 1.165) is 25.1 Å². The first-order chi connectivity index (χ1) is 9.11. The van der Waals surface area contributed by atoms with Crippen LogP contribution in [0.1, 0.15) is 24.8 Å². The minimum absolute atomic E-state index is 0.0819. The predicted octanol–water partition coefficient (Wildman–Crippen LogP) is 2.42. The van der Waals surface area contributed by atoms with E-state index in [2.05, 4.69) is 4.90 Å². The van der Waals surface area contributed by atoms with E-state index < -0.39 is 0 Å². The lowest BCUT2D eigenvalue weighted by atomic mass is 9.81. The van der Waals surface area contributed by atoms with Crippen molar-refractivity contribution in [3.8, 4) is 0 Å². The Balaban J connectivity index is 2.21. The van der Waals surface area contributed by atoms with E-state index in [0.29, 0.717) is 6.61 Å². The summed E-state index contributed by atoms with van der Waals surface area (Å²) >= 11 is 0. The van der Waals surface area contributed by atoms with E-state index in [1.807, 2.05) is 14.0 Å². The second kappa shape index (κ2) is 6.15. The third-order valence-corrected chi connectivity index (χ3v) is 3.70. The number of esters is 1. The van der Waals surface area contributed by atoms with E-state index in [9.17, 15) is 9.18 Å². The van der Waals surface area contributed by atoms with Gasteiger partial charge in [0.2, 0.25) is 0 Å². The van der Waals surface area contributed by atoms with Gasteiger partial charge in [-0.1, -0.05) is 12.1 Å². The van der Waals surface area contributed by atoms with E-state index in [-0.39, 0.29) is 23.6 Å². The molecule has 0 radical (unpaired) electrons. The van der Waals surface area contributed by atoms with Crippen LogP contribution in [0.2, 0.25) is 0 Å². The summed E-state index contributed by atoms with van der Waals surface area (Å²) < 4.78 is 18.2. The summed E-state index contributed by atoms with van der Waals surface area (Å²) in [6.07, 6.45) is 0.789. The van der Waals surface area contributed by atoms with E-state index in [1.165, 1.54) is 12.1 Å². The summed E-state index contributed by atoms with van der Waals surface area (Å²) in [6.45, 7) is 3.91. The molecule has 1 fully saturated rings. The number of benzene rings is 1. The molecule has 0 N–H and O–H groups in total. The van der Waals surface area contributed by atoms with Crippen molar-refractivity contribution in [3.63, 3.8) is 0 Å². The van der Waals surface area contributed by atoms with Crippen LogP contribution in [0.3, 0.4) is 0 Å². The zero-order valence-corrected chi connectivity index (χ0v) is 11.4. The molecule has 2 rings (SSSR count). The molecule has 0 saturated carbocycles. The number of likely N-dealkylation sites (tertiary alicyclic amines) is 1. The molecule has 0 amide bonds. The van der Waals surface area contributed by atoms with Crippen LogP contribution in [0.4, 0.5) is 4.39 Å². The Labute approximate surface area is 113 Å². The van der Waals surface area contributed by atoms with Gasteiger partial charge in [-0.15, -0.1) is 0 Å².